The molecule has 1 saturated carbocycles. The molecule has 4 atom stereocenters. The second kappa shape index (κ2) is 11.8. The first-order valence-electron chi connectivity index (χ1n) is 12.3. The Balaban J connectivity index is 0.00000400. The Morgan fingerprint density at radius 1 is 1.21 bits per heavy atom. The number of carbonyl (C=O) groups is 4. The molecule has 1 saturated heterocycles. The topological polar surface area (TPSA) is 118 Å². The molecule has 3 aliphatic rings. The van der Waals surface area contributed by atoms with Crippen molar-refractivity contribution in [2.45, 2.75) is 70.7 Å². The van der Waals surface area contributed by atoms with Crippen molar-refractivity contribution in [1.82, 2.24) is 0 Å². The number of hydrogen-bond acceptors (Lipinski definition) is 9. The van der Waals surface area contributed by atoms with Crippen LogP contribution in [0, 0.1) is 11.3 Å². The molecule has 0 radical (unpaired) electrons. The second-order valence-corrected chi connectivity index (χ2v) is 10.0. The van der Waals surface area contributed by atoms with Crippen LogP contribution in [-0.4, -0.2) is 79.9 Å². The van der Waals surface area contributed by atoms with Gasteiger partial charge in [0, 0.05) is 24.0 Å². The van der Waals surface area contributed by atoms with Gasteiger partial charge < -0.3 is 23.4 Å². The summed E-state index contributed by atoms with van der Waals surface area (Å²) >= 11 is 0. The van der Waals surface area contributed by atoms with E-state index in [0.29, 0.717) is 42.6 Å². The van der Waals surface area contributed by atoms with Crippen LogP contribution in [0.25, 0.3) is 0 Å². The molecular weight excluding hydrogens is 520 g/mol. The SMILES string of the molecule is COC(=O)C1=CC[C@@]23CC[C@@H]([C@@](C)(/C=C/C=C(\C)C(=O)OCc4ccco4)OC2=O)[C@@]3(OC(C)=O)CC1.[Ca+2]. The summed E-state index contributed by atoms with van der Waals surface area (Å²) in [5, 5.41) is 0. The fraction of sp³-hybridized carbons (Fsp3) is 0.500. The first-order valence-corrected chi connectivity index (χ1v) is 12.3. The molecule has 38 heavy (non-hydrogen) atoms. The van der Waals surface area contributed by atoms with E-state index in [1.165, 1.54) is 20.3 Å². The Bertz CT molecular complexity index is 1180. The van der Waals surface area contributed by atoms with E-state index in [0.717, 1.165) is 0 Å². The zero-order valence-corrected chi connectivity index (χ0v) is 24.5. The molecule has 10 heteroatoms. The van der Waals surface area contributed by atoms with Crippen molar-refractivity contribution in [2.75, 3.05) is 7.11 Å². The molecule has 198 valence electrons. The van der Waals surface area contributed by atoms with Crippen LogP contribution in [-0.2, 0) is 44.7 Å². The number of esters is 4. The van der Waals surface area contributed by atoms with Crippen molar-refractivity contribution >= 4 is 61.6 Å². The Morgan fingerprint density at radius 2 is 1.97 bits per heavy atom. The van der Waals surface area contributed by atoms with Crippen molar-refractivity contribution in [1.29, 1.82) is 0 Å². The first-order chi connectivity index (χ1) is 17.6. The number of cyclic esters (lactones) is 1. The fourth-order valence-electron chi connectivity index (χ4n) is 6.09. The third-order valence-corrected chi connectivity index (χ3v) is 7.89. The zero-order valence-electron chi connectivity index (χ0n) is 22.2. The molecule has 0 amide bonds. The van der Waals surface area contributed by atoms with Crippen LogP contribution in [0.15, 0.2) is 58.3 Å². The second-order valence-electron chi connectivity index (χ2n) is 10.0. The van der Waals surface area contributed by atoms with Crippen LogP contribution >= 0.6 is 0 Å². The predicted molar refractivity (Wildman–Crippen MR) is 135 cm³/mol. The Morgan fingerprint density at radius 3 is 2.63 bits per heavy atom. The molecule has 1 aliphatic heterocycles. The first kappa shape index (κ1) is 30.2. The van der Waals surface area contributed by atoms with E-state index in [1.54, 1.807) is 50.3 Å². The number of rotatable bonds is 7. The number of allylic oxidation sites excluding steroid dienone is 3. The van der Waals surface area contributed by atoms with Crippen molar-refractivity contribution in [3.05, 3.63) is 59.6 Å². The molecule has 2 heterocycles. The minimum atomic E-state index is -1.14. The van der Waals surface area contributed by atoms with Gasteiger partial charge in [0.25, 0.3) is 0 Å². The Labute approximate surface area is 251 Å². The number of furan rings is 1. The molecule has 1 aromatic heterocycles. The normalized spacial score (nSPS) is 30.3. The molecule has 2 bridgehead atoms. The number of methoxy groups -OCH3 is 1. The molecular formula is C28H32CaO9+2. The summed E-state index contributed by atoms with van der Waals surface area (Å²) in [4.78, 5) is 50.6. The maximum absolute atomic E-state index is 13.6. The van der Waals surface area contributed by atoms with E-state index in [2.05, 4.69) is 0 Å². The van der Waals surface area contributed by atoms with Crippen molar-refractivity contribution in [2.24, 2.45) is 11.3 Å². The summed E-state index contributed by atoms with van der Waals surface area (Å²) in [5.41, 5.74) is -2.50. The summed E-state index contributed by atoms with van der Waals surface area (Å²) in [7, 11) is 1.31. The van der Waals surface area contributed by atoms with Crippen LogP contribution in [0.4, 0.5) is 0 Å². The Hall–Kier alpha value is -2.36. The third kappa shape index (κ3) is 5.38. The number of ether oxygens (including phenoxy) is 4. The quantitative estimate of drug-likeness (QED) is 0.164. The summed E-state index contributed by atoms with van der Waals surface area (Å²) in [5.74, 6) is -1.73. The molecule has 0 N–H and O–H groups in total. The molecule has 0 spiro atoms. The smallest absolute Gasteiger partial charge is 0.466 e. The van der Waals surface area contributed by atoms with Gasteiger partial charge in [0.15, 0.2) is 0 Å². The molecule has 2 aliphatic carbocycles. The largest absolute Gasteiger partial charge is 2.00 e. The molecule has 9 nitrogen and oxygen atoms in total. The average molecular weight is 553 g/mol. The average Bonchev–Trinajstić information content (AvgIpc) is 3.42. The maximum atomic E-state index is 13.6. The van der Waals surface area contributed by atoms with Gasteiger partial charge in [-0.2, -0.15) is 0 Å². The van der Waals surface area contributed by atoms with Gasteiger partial charge in [-0.15, -0.1) is 0 Å². The standard InChI is InChI=1S/C28H32O9.Ca/c1-18(23(30)35-17-21-8-6-16-34-21)7-5-12-26(3)22-11-14-27(25(32)37-26)13-9-20(24(31)33-4)10-15-28(22,27)36-19(2)29;/h5-9,12,16,22H,10-11,13-15,17H2,1-4H3;/q;+2/b12-5+,18-7+;/t22-,26+,27+,28-;/m0./s1. The summed E-state index contributed by atoms with van der Waals surface area (Å²) in [6.45, 7) is 4.75. The van der Waals surface area contributed by atoms with Gasteiger partial charge >= 0.3 is 61.6 Å². The van der Waals surface area contributed by atoms with E-state index >= 15 is 0 Å². The monoisotopic (exact) mass is 552 g/mol. The van der Waals surface area contributed by atoms with Crippen molar-refractivity contribution in [3.8, 4) is 0 Å². The molecule has 0 aromatic carbocycles. The summed E-state index contributed by atoms with van der Waals surface area (Å²) < 4.78 is 27.4. The van der Waals surface area contributed by atoms with Gasteiger partial charge in [0.05, 0.1) is 13.4 Å². The zero-order chi connectivity index (χ0) is 26.8. The van der Waals surface area contributed by atoms with Crippen LogP contribution < -0.4 is 0 Å². The molecule has 0 unspecified atom stereocenters. The van der Waals surface area contributed by atoms with Gasteiger partial charge in [0.1, 0.15) is 29.0 Å². The van der Waals surface area contributed by atoms with Gasteiger partial charge in [-0.3, -0.25) is 9.59 Å². The Kier molecular flexibility index (Phi) is 9.37. The number of hydrogen-bond donors (Lipinski definition) is 0. The van der Waals surface area contributed by atoms with Crippen molar-refractivity contribution in [3.63, 3.8) is 0 Å². The predicted octanol–water partition coefficient (Wildman–Crippen LogP) is 3.74. The minimum absolute atomic E-state index is 0. The van der Waals surface area contributed by atoms with E-state index in [9.17, 15) is 19.2 Å². The number of carbonyl (C=O) groups excluding carboxylic acids is 4. The van der Waals surface area contributed by atoms with Crippen LogP contribution in [0.3, 0.4) is 0 Å². The van der Waals surface area contributed by atoms with Crippen LogP contribution in [0.5, 0.6) is 0 Å². The summed E-state index contributed by atoms with van der Waals surface area (Å²) in [6, 6.07) is 3.42. The third-order valence-electron chi connectivity index (χ3n) is 7.89. The minimum Gasteiger partial charge on any atom is -0.466 e. The van der Waals surface area contributed by atoms with Crippen LogP contribution in [0.2, 0.25) is 0 Å². The molecule has 1 aromatic rings. The van der Waals surface area contributed by atoms with E-state index in [1.807, 2.05) is 0 Å². The molecule has 2 fully saturated rings. The van der Waals surface area contributed by atoms with Crippen molar-refractivity contribution < 1.29 is 42.5 Å². The van der Waals surface area contributed by atoms with E-state index in [4.69, 9.17) is 23.4 Å². The van der Waals surface area contributed by atoms with Gasteiger partial charge in [-0.1, -0.05) is 18.2 Å². The summed E-state index contributed by atoms with van der Waals surface area (Å²) in [6.07, 6.45) is 10.1. The van der Waals surface area contributed by atoms with Gasteiger partial charge in [-0.25, -0.2) is 9.59 Å². The van der Waals surface area contributed by atoms with E-state index in [-0.39, 0.29) is 56.7 Å². The maximum Gasteiger partial charge on any atom is 2.00 e. The fourth-order valence-corrected chi connectivity index (χ4v) is 6.09. The van der Waals surface area contributed by atoms with E-state index < -0.39 is 40.5 Å². The van der Waals surface area contributed by atoms with Gasteiger partial charge in [0.2, 0.25) is 0 Å². The van der Waals surface area contributed by atoms with Crippen LogP contribution in [0.1, 0.15) is 58.6 Å². The molecule has 4 rings (SSSR count). The van der Waals surface area contributed by atoms with Gasteiger partial charge in [-0.05, 0) is 64.2 Å².